The average molecular weight is 290 g/mol. The predicted octanol–water partition coefficient (Wildman–Crippen LogP) is 3.44. The molecular formula is C18H30N2O. The summed E-state index contributed by atoms with van der Waals surface area (Å²) < 4.78 is 5.83. The molecule has 1 N–H and O–H groups in total. The topological polar surface area (TPSA) is 24.5 Å². The normalized spacial score (nSPS) is 19.2. The molecule has 1 unspecified atom stereocenters. The second-order valence-corrected chi connectivity index (χ2v) is 6.32. The van der Waals surface area contributed by atoms with E-state index in [0.29, 0.717) is 12.0 Å². The molecule has 1 atom stereocenters. The summed E-state index contributed by atoms with van der Waals surface area (Å²) in [4.78, 5) is 2.50. The van der Waals surface area contributed by atoms with Crippen LogP contribution in [0.25, 0.3) is 0 Å². The molecule has 1 heterocycles. The Labute approximate surface area is 129 Å². The summed E-state index contributed by atoms with van der Waals surface area (Å²) in [6, 6.07) is 8.78. The van der Waals surface area contributed by atoms with Crippen molar-refractivity contribution in [1.82, 2.24) is 5.32 Å². The molecule has 118 valence electrons. The van der Waals surface area contributed by atoms with Gasteiger partial charge in [-0.3, -0.25) is 0 Å². The molecule has 3 nitrogen and oxygen atoms in total. The summed E-state index contributed by atoms with van der Waals surface area (Å²) in [6.45, 7) is 11.6. The Morgan fingerprint density at radius 1 is 1.33 bits per heavy atom. The monoisotopic (exact) mass is 290 g/mol. The lowest BCUT2D eigenvalue weighted by Crippen LogP contribution is -2.40. The number of nitrogens with one attached hydrogen (secondary N) is 1. The lowest BCUT2D eigenvalue weighted by Gasteiger charge is -2.35. The van der Waals surface area contributed by atoms with Gasteiger partial charge in [-0.15, -0.1) is 0 Å². The van der Waals surface area contributed by atoms with Crippen molar-refractivity contribution >= 4 is 5.69 Å². The molecule has 2 rings (SSSR count). The number of para-hydroxylation sites is 1. The van der Waals surface area contributed by atoms with E-state index in [1.54, 1.807) is 0 Å². The molecular weight excluding hydrogens is 260 g/mol. The number of hydrogen-bond acceptors (Lipinski definition) is 3. The van der Waals surface area contributed by atoms with E-state index in [4.69, 9.17) is 4.74 Å². The first-order valence-electron chi connectivity index (χ1n) is 8.36. The van der Waals surface area contributed by atoms with Crippen LogP contribution < -0.4 is 10.2 Å². The van der Waals surface area contributed by atoms with Crippen molar-refractivity contribution in [3.63, 3.8) is 0 Å². The van der Waals surface area contributed by atoms with Crippen LogP contribution in [0.3, 0.4) is 0 Å². The summed E-state index contributed by atoms with van der Waals surface area (Å²) in [5, 5.41) is 3.56. The third kappa shape index (κ3) is 5.01. The van der Waals surface area contributed by atoms with Gasteiger partial charge in [0.15, 0.2) is 0 Å². The minimum atomic E-state index is 0.389. The van der Waals surface area contributed by atoms with Crippen molar-refractivity contribution in [3.8, 4) is 0 Å². The van der Waals surface area contributed by atoms with Crippen LogP contribution in [0.15, 0.2) is 24.3 Å². The van der Waals surface area contributed by atoms with E-state index in [1.165, 1.54) is 24.1 Å². The van der Waals surface area contributed by atoms with Crippen molar-refractivity contribution in [2.75, 3.05) is 31.1 Å². The molecule has 0 radical (unpaired) electrons. The van der Waals surface area contributed by atoms with Crippen LogP contribution in [-0.4, -0.2) is 32.3 Å². The summed E-state index contributed by atoms with van der Waals surface area (Å²) >= 11 is 0. The van der Waals surface area contributed by atoms with E-state index >= 15 is 0 Å². The second-order valence-electron chi connectivity index (χ2n) is 6.32. The van der Waals surface area contributed by atoms with E-state index in [9.17, 15) is 0 Å². The van der Waals surface area contributed by atoms with Crippen molar-refractivity contribution in [2.24, 2.45) is 5.92 Å². The molecule has 0 spiro atoms. The quantitative estimate of drug-likeness (QED) is 0.832. The van der Waals surface area contributed by atoms with Gasteiger partial charge >= 0.3 is 0 Å². The van der Waals surface area contributed by atoms with E-state index in [2.05, 4.69) is 55.3 Å². The zero-order chi connectivity index (χ0) is 15.1. The molecule has 1 aliphatic heterocycles. The van der Waals surface area contributed by atoms with Gasteiger partial charge in [-0.25, -0.2) is 0 Å². The van der Waals surface area contributed by atoms with E-state index in [1.807, 2.05) is 0 Å². The van der Waals surface area contributed by atoms with Crippen molar-refractivity contribution in [3.05, 3.63) is 29.8 Å². The Morgan fingerprint density at radius 3 is 2.90 bits per heavy atom. The third-order valence-corrected chi connectivity index (χ3v) is 3.98. The highest BCUT2D eigenvalue weighted by atomic mass is 16.5. The lowest BCUT2D eigenvalue weighted by atomic mass is 10.0. The molecule has 1 aromatic rings. The standard InChI is InChI=1S/C18H30N2O/c1-4-21-17-9-7-11-20(14-17)18-10-6-5-8-16(18)13-19-12-15(2)3/h5-6,8,10,15,17,19H,4,7,9,11-14H2,1-3H3. The highest BCUT2D eigenvalue weighted by molar-refractivity contribution is 5.54. The summed E-state index contributed by atoms with van der Waals surface area (Å²) in [6.07, 6.45) is 2.80. The third-order valence-electron chi connectivity index (χ3n) is 3.98. The highest BCUT2D eigenvalue weighted by Gasteiger charge is 2.21. The van der Waals surface area contributed by atoms with Gasteiger partial charge in [0.1, 0.15) is 0 Å². The molecule has 1 aliphatic rings. The number of benzene rings is 1. The fraction of sp³-hybridized carbons (Fsp3) is 0.667. The van der Waals surface area contributed by atoms with Crippen molar-refractivity contribution in [2.45, 2.75) is 46.3 Å². The van der Waals surface area contributed by atoms with E-state index in [0.717, 1.165) is 32.8 Å². The maximum Gasteiger partial charge on any atom is 0.0750 e. The van der Waals surface area contributed by atoms with Crippen LogP contribution in [-0.2, 0) is 11.3 Å². The Hall–Kier alpha value is -1.06. The first-order chi connectivity index (χ1) is 10.2. The highest BCUT2D eigenvalue weighted by Crippen LogP contribution is 2.25. The van der Waals surface area contributed by atoms with Crippen LogP contribution >= 0.6 is 0 Å². The average Bonchev–Trinajstić information content (AvgIpc) is 2.48. The molecule has 0 aromatic heterocycles. The number of anilines is 1. The Morgan fingerprint density at radius 2 is 2.14 bits per heavy atom. The van der Waals surface area contributed by atoms with Gasteiger partial charge in [-0.1, -0.05) is 32.0 Å². The van der Waals surface area contributed by atoms with Crippen LogP contribution in [0.1, 0.15) is 39.2 Å². The van der Waals surface area contributed by atoms with E-state index < -0.39 is 0 Å². The molecule has 1 saturated heterocycles. The number of hydrogen-bond donors (Lipinski definition) is 1. The molecule has 21 heavy (non-hydrogen) atoms. The van der Waals surface area contributed by atoms with Crippen LogP contribution in [0, 0.1) is 5.92 Å². The van der Waals surface area contributed by atoms with Gasteiger partial charge in [-0.2, -0.15) is 0 Å². The van der Waals surface area contributed by atoms with E-state index in [-0.39, 0.29) is 0 Å². The lowest BCUT2D eigenvalue weighted by molar-refractivity contribution is 0.0526. The van der Waals surface area contributed by atoms with Crippen LogP contribution in [0.2, 0.25) is 0 Å². The van der Waals surface area contributed by atoms with Crippen molar-refractivity contribution in [1.29, 1.82) is 0 Å². The molecule has 0 aliphatic carbocycles. The second kappa shape index (κ2) is 8.40. The fourth-order valence-electron chi connectivity index (χ4n) is 2.99. The summed E-state index contributed by atoms with van der Waals surface area (Å²) in [5.41, 5.74) is 2.77. The van der Waals surface area contributed by atoms with Gasteiger partial charge in [0.2, 0.25) is 0 Å². The molecule has 3 heteroatoms. The maximum atomic E-state index is 5.83. The predicted molar refractivity (Wildman–Crippen MR) is 89.8 cm³/mol. The minimum Gasteiger partial charge on any atom is -0.377 e. The SMILES string of the molecule is CCOC1CCCN(c2ccccc2CNCC(C)C)C1. The van der Waals surface area contributed by atoms with Gasteiger partial charge < -0.3 is 15.0 Å². The molecule has 1 fully saturated rings. The first-order valence-corrected chi connectivity index (χ1v) is 8.36. The fourth-order valence-corrected chi connectivity index (χ4v) is 2.99. The molecule has 0 saturated carbocycles. The zero-order valence-electron chi connectivity index (χ0n) is 13.8. The number of nitrogens with zero attached hydrogens (tertiary/aromatic N) is 1. The number of ether oxygens (including phenoxy) is 1. The Kier molecular flexibility index (Phi) is 6.52. The van der Waals surface area contributed by atoms with Crippen molar-refractivity contribution < 1.29 is 4.74 Å². The van der Waals surface area contributed by atoms with Gasteiger partial charge in [-0.05, 0) is 43.9 Å². The summed E-state index contributed by atoms with van der Waals surface area (Å²) in [7, 11) is 0. The number of rotatable bonds is 7. The summed E-state index contributed by atoms with van der Waals surface area (Å²) in [5.74, 6) is 0.689. The smallest absolute Gasteiger partial charge is 0.0750 e. The first kappa shape index (κ1) is 16.3. The van der Waals surface area contributed by atoms with Gasteiger partial charge in [0, 0.05) is 31.9 Å². The van der Waals surface area contributed by atoms with Gasteiger partial charge in [0.05, 0.1) is 6.10 Å². The largest absolute Gasteiger partial charge is 0.377 e. The molecule has 0 amide bonds. The van der Waals surface area contributed by atoms with Gasteiger partial charge in [0.25, 0.3) is 0 Å². The molecule has 1 aromatic carbocycles. The number of piperidine rings is 1. The minimum absolute atomic E-state index is 0.389. The molecule has 0 bridgehead atoms. The Bertz CT molecular complexity index is 417. The zero-order valence-corrected chi connectivity index (χ0v) is 13.8. The van der Waals surface area contributed by atoms with Crippen LogP contribution in [0.4, 0.5) is 5.69 Å². The Balaban J connectivity index is 2.01. The van der Waals surface area contributed by atoms with Crippen LogP contribution in [0.5, 0.6) is 0 Å². The maximum absolute atomic E-state index is 5.83.